The molecule has 1 aromatic rings. The molecule has 0 aliphatic carbocycles. The number of benzene rings is 1. The highest BCUT2D eigenvalue weighted by atomic mass is 32.2. The third-order valence-electron chi connectivity index (χ3n) is 2.76. The Morgan fingerprint density at radius 3 is 2.30 bits per heavy atom. The van der Waals surface area contributed by atoms with Crippen molar-refractivity contribution in [1.29, 1.82) is 0 Å². The number of nitrogens with one attached hydrogen (secondary N) is 1. The van der Waals surface area contributed by atoms with Gasteiger partial charge in [0, 0.05) is 32.1 Å². The van der Waals surface area contributed by atoms with Crippen LogP contribution in [0.1, 0.15) is 6.92 Å². The van der Waals surface area contributed by atoms with Crippen molar-refractivity contribution >= 4 is 27.5 Å². The summed E-state index contributed by atoms with van der Waals surface area (Å²) < 4.78 is 25.0. The van der Waals surface area contributed by atoms with Gasteiger partial charge in [0.05, 0.1) is 10.5 Å². The van der Waals surface area contributed by atoms with Gasteiger partial charge in [0.15, 0.2) is 0 Å². The fourth-order valence-electron chi connectivity index (χ4n) is 1.61. The summed E-state index contributed by atoms with van der Waals surface area (Å²) in [6.45, 7) is 2.18. The molecule has 0 aliphatic rings. The number of hydrogen-bond donors (Lipinski definition) is 2. The summed E-state index contributed by atoms with van der Waals surface area (Å²) in [5.74, 6) is 0.632. The molecule has 7 heteroatoms. The second kappa shape index (κ2) is 6.80. The third kappa shape index (κ3) is 4.66. The lowest BCUT2D eigenvalue weighted by molar-refractivity contribution is 0.0997. The quantitative estimate of drug-likeness (QED) is 0.796. The highest BCUT2D eigenvalue weighted by Gasteiger charge is 2.20. The van der Waals surface area contributed by atoms with Crippen LogP contribution in [0.5, 0.6) is 0 Å². The van der Waals surface area contributed by atoms with E-state index in [1.165, 1.54) is 18.4 Å². The second-order valence-corrected chi connectivity index (χ2v) is 8.11. The Kier molecular flexibility index (Phi) is 5.88. The van der Waals surface area contributed by atoms with E-state index >= 15 is 0 Å². The van der Waals surface area contributed by atoms with E-state index in [9.17, 15) is 13.5 Å². The summed E-state index contributed by atoms with van der Waals surface area (Å²) in [5.41, 5.74) is -0.0163. The Hall–Kier alpha value is -0.760. The molecule has 0 radical (unpaired) electrons. The number of hydrogen-bond acceptors (Lipinski definition) is 5. The molecular weight excluding hydrogens is 296 g/mol. The smallest absolute Gasteiger partial charge is 0.242 e. The lowest BCUT2D eigenvalue weighted by atomic mass is 10.1. The number of aliphatic hydroxyl groups is 1. The first-order valence-corrected chi connectivity index (χ1v) is 9.00. The maximum atomic E-state index is 11.9. The third-order valence-corrected chi connectivity index (χ3v) is 5.50. The van der Waals surface area contributed by atoms with Gasteiger partial charge in [-0.15, -0.1) is 0 Å². The van der Waals surface area contributed by atoms with Crippen molar-refractivity contribution in [3.63, 3.8) is 0 Å². The summed E-state index contributed by atoms with van der Waals surface area (Å²) in [7, 11) is -0.391. The van der Waals surface area contributed by atoms with Crippen LogP contribution < -0.4 is 5.32 Å². The van der Waals surface area contributed by atoms with Gasteiger partial charge in [0.25, 0.3) is 0 Å². The van der Waals surface area contributed by atoms with Crippen molar-refractivity contribution in [3.8, 4) is 0 Å². The lowest BCUT2D eigenvalue weighted by Crippen LogP contribution is -2.36. The van der Waals surface area contributed by atoms with E-state index in [0.29, 0.717) is 12.3 Å². The maximum absolute atomic E-state index is 11.9. The van der Waals surface area contributed by atoms with E-state index in [1.807, 2.05) is 6.26 Å². The average molecular weight is 318 g/mol. The highest BCUT2D eigenvalue weighted by Crippen LogP contribution is 2.18. The minimum atomic E-state index is -3.39. The molecule has 5 nitrogen and oxygen atoms in total. The van der Waals surface area contributed by atoms with E-state index < -0.39 is 15.6 Å². The second-order valence-electron chi connectivity index (χ2n) is 5.10. The lowest BCUT2D eigenvalue weighted by Gasteiger charge is -2.23. The minimum absolute atomic E-state index is 0.254. The Bertz CT molecular complexity index is 525. The van der Waals surface area contributed by atoms with Crippen LogP contribution in [0.2, 0.25) is 0 Å². The summed E-state index contributed by atoms with van der Waals surface area (Å²) >= 11 is 1.58. The van der Waals surface area contributed by atoms with Gasteiger partial charge in [-0.2, -0.15) is 11.8 Å². The van der Waals surface area contributed by atoms with Gasteiger partial charge in [-0.05, 0) is 37.4 Å². The predicted octanol–water partition coefficient (Wildman–Crippen LogP) is 1.46. The first kappa shape index (κ1) is 17.3. The van der Waals surface area contributed by atoms with E-state index in [0.717, 1.165) is 5.69 Å². The summed E-state index contributed by atoms with van der Waals surface area (Å²) in [6, 6.07) is 6.51. The highest BCUT2D eigenvalue weighted by molar-refractivity contribution is 7.98. The molecule has 0 spiro atoms. The van der Waals surface area contributed by atoms with Crippen LogP contribution in [0.3, 0.4) is 0 Å². The average Bonchev–Trinajstić information content (AvgIpc) is 2.37. The fraction of sp³-hybridized carbons (Fsp3) is 0.538. The van der Waals surface area contributed by atoms with E-state index in [1.54, 1.807) is 43.0 Å². The van der Waals surface area contributed by atoms with Gasteiger partial charge in [-0.3, -0.25) is 0 Å². The molecule has 1 aromatic carbocycles. The maximum Gasteiger partial charge on any atom is 0.242 e. The first-order chi connectivity index (χ1) is 9.19. The molecule has 1 atom stereocenters. The first-order valence-electron chi connectivity index (χ1n) is 6.17. The number of sulfonamides is 1. The molecule has 0 bridgehead atoms. The standard InChI is InChI=1S/C13H22N2O3S2/c1-13(16,10-19-4)9-14-11-5-7-12(8-6-11)20(17,18)15(2)3/h5-8,14,16H,9-10H2,1-4H3. The van der Waals surface area contributed by atoms with Gasteiger partial charge < -0.3 is 10.4 Å². The van der Waals surface area contributed by atoms with Crippen molar-refractivity contribution in [1.82, 2.24) is 4.31 Å². The summed E-state index contributed by atoms with van der Waals surface area (Å²) in [5, 5.41) is 13.2. The fourth-order valence-corrected chi connectivity index (χ4v) is 3.24. The van der Waals surface area contributed by atoms with Gasteiger partial charge in [-0.1, -0.05) is 0 Å². The zero-order valence-corrected chi connectivity index (χ0v) is 13.9. The van der Waals surface area contributed by atoms with Crippen molar-refractivity contribution in [3.05, 3.63) is 24.3 Å². The molecule has 0 saturated heterocycles. The van der Waals surface area contributed by atoms with Crippen LogP contribution in [-0.4, -0.2) is 56.1 Å². The van der Waals surface area contributed by atoms with E-state index in [-0.39, 0.29) is 4.90 Å². The van der Waals surface area contributed by atoms with Crippen LogP contribution >= 0.6 is 11.8 Å². The predicted molar refractivity (Wildman–Crippen MR) is 84.8 cm³/mol. The minimum Gasteiger partial charge on any atom is -0.387 e. The van der Waals surface area contributed by atoms with Crippen LogP contribution in [0.25, 0.3) is 0 Å². The molecule has 1 unspecified atom stereocenters. The normalized spacial score (nSPS) is 15.1. The molecule has 0 amide bonds. The van der Waals surface area contributed by atoms with Crippen LogP contribution in [0.4, 0.5) is 5.69 Å². The van der Waals surface area contributed by atoms with Crippen LogP contribution in [0.15, 0.2) is 29.2 Å². The van der Waals surface area contributed by atoms with E-state index in [2.05, 4.69) is 5.32 Å². The Morgan fingerprint density at radius 1 is 1.30 bits per heavy atom. The molecule has 0 aromatic heterocycles. The Labute approximate surface area is 125 Å². The monoisotopic (exact) mass is 318 g/mol. The van der Waals surface area contributed by atoms with Crippen molar-refractivity contribution in [2.24, 2.45) is 0 Å². The molecule has 20 heavy (non-hydrogen) atoms. The van der Waals surface area contributed by atoms with Gasteiger partial charge in [0.2, 0.25) is 10.0 Å². The molecule has 0 aliphatic heterocycles. The SMILES string of the molecule is CSCC(C)(O)CNc1ccc(S(=O)(=O)N(C)C)cc1. The van der Waals surface area contributed by atoms with Crippen LogP contribution in [0, 0.1) is 0 Å². The van der Waals surface area contributed by atoms with Crippen molar-refractivity contribution in [2.45, 2.75) is 17.4 Å². The Balaban J connectivity index is 2.74. The van der Waals surface area contributed by atoms with Gasteiger partial charge in [-0.25, -0.2) is 12.7 Å². The molecule has 0 saturated carbocycles. The summed E-state index contributed by atoms with van der Waals surface area (Å²) in [6.07, 6.45) is 1.94. The van der Waals surface area contributed by atoms with Gasteiger partial charge >= 0.3 is 0 Å². The van der Waals surface area contributed by atoms with E-state index in [4.69, 9.17) is 0 Å². The molecule has 0 heterocycles. The summed E-state index contributed by atoms with van der Waals surface area (Å²) in [4.78, 5) is 0.254. The number of nitrogens with zero attached hydrogens (tertiary/aromatic N) is 1. The molecule has 2 N–H and O–H groups in total. The number of anilines is 1. The number of thioether (sulfide) groups is 1. The largest absolute Gasteiger partial charge is 0.387 e. The molecule has 1 rings (SSSR count). The number of rotatable bonds is 7. The molecule has 0 fully saturated rings. The molecular formula is C13H22N2O3S2. The zero-order valence-electron chi connectivity index (χ0n) is 12.3. The Morgan fingerprint density at radius 2 is 1.85 bits per heavy atom. The van der Waals surface area contributed by atoms with Crippen molar-refractivity contribution in [2.75, 3.05) is 38.0 Å². The van der Waals surface area contributed by atoms with Crippen molar-refractivity contribution < 1.29 is 13.5 Å². The zero-order chi connectivity index (χ0) is 15.4. The topological polar surface area (TPSA) is 69.6 Å². The molecule has 114 valence electrons. The van der Waals surface area contributed by atoms with Gasteiger partial charge in [0.1, 0.15) is 0 Å². The van der Waals surface area contributed by atoms with Crippen LogP contribution in [-0.2, 0) is 10.0 Å².